The molecule has 11 heteroatoms. The average molecular weight is 600 g/mol. The zero-order chi connectivity index (χ0) is 31.8. The number of likely N-dealkylation sites (tertiary alicyclic amines) is 1. The lowest BCUT2D eigenvalue weighted by Gasteiger charge is -2.28. The smallest absolute Gasteiger partial charge is 0.271 e. The second-order valence-electron chi connectivity index (χ2n) is 11.0. The zero-order valence-electron chi connectivity index (χ0n) is 24.2. The molecule has 3 aromatic rings. The first-order valence-corrected chi connectivity index (χ1v) is 13.7. The summed E-state index contributed by atoms with van der Waals surface area (Å²) >= 11 is 0. The van der Waals surface area contributed by atoms with Gasteiger partial charge in [0.2, 0.25) is 6.41 Å². The van der Waals surface area contributed by atoms with E-state index in [-0.39, 0.29) is 36.6 Å². The van der Waals surface area contributed by atoms with Crippen molar-refractivity contribution in [3.8, 4) is 5.75 Å². The number of halogens is 3. The number of aliphatic hydroxyl groups excluding tert-OH is 1. The Morgan fingerprint density at radius 3 is 2.26 bits per heavy atom. The number of hydrogen-bond acceptors (Lipinski definition) is 5. The van der Waals surface area contributed by atoms with Gasteiger partial charge in [-0.2, -0.15) is 0 Å². The summed E-state index contributed by atoms with van der Waals surface area (Å²) in [7, 11) is 0. The second kappa shape index (κ2) is 14.2. The molecule has 1 fully saturated rings. The number of alkyl halides is 2. The molecule has 1 aliphatic rings. The van der Waals surface area contributed by atoms with E-state index >= 15 is 0 Å². The summed E-state index contributed by atoms with van der Waals surface area (Å²) in [6.45, 7) is 3.59. The van der Waals surface area contributed by atoms with Gasteiger partial charge in [-0.05, 0) is 37.1 Å². The molecule has 2 unspecified atom stereocenters. The summed E-state index contributed by atoms with van der Waals surface area (Å²) in [5.74, 6) is -4.88. The lowest BCUT2D eigenvalue weighted by Crippen LogP contribution is -2.52. The number of carbonyl (C=O) groups excluding carboxylic acids is 3. The molecule has 0 aromatic heterocycles. The highest BCUT2D eigenvalue weighted by molar-refractivity contribution is 5.97. The molecular weight excluding hydrogens is 563 g/mol. The van der Waals surface area contributed by atoms with Crippen LogP contribution in [0, 0.1) is 18.2 Å². The fourth-order valence-corrected chi connectivity index (χ4v) is 4.64. The van der Waals surface area contributed by atoms with Crippen LogP contribution < -0.4 is 10.6 Å². The molecule has 0 saturated carbocycles. The van der Waals surface area contributed by atoms with E-state index in [0.29, 0.717) is 17.5 Å². The summed E-state index contributed by atoms with van der Waals surface area (Å²) in [6, 6.07) is 18.7. The maximum absolute atomic E-state index is 14.3. The Labute approximate surface area is 248 Å². The van der Waals surface area contributed by atoms with Crippen molar-refractivity contribution < 1.29 is 37.8 Å². The molecular formula is C32H36F3N3O5. The lowest BCUT2D eigenvalue weighted by atomic mass is 9.89. The van der Waals surface area contributed by atoms with Gasteiger partial charge in [0.1, 0.15) is 11.6 Å². The molecule has 3 aromatic carbocycles. The Hall–Kier alpha value is -4.38. The molecule has 0 aliphatic carbocycles. The third-order valence-corrected chi connectivity index (χ3v) is 7.41. The summed E-state index contributed by atoms with van der Waals surface area (Å²) in [5.41, 5.74) is 0.380. The maximum Gasteiger partial charge on any atom is 0.271 e. The molecule has 0 bridgehead atoms. The van der Waals surface area contributed by atoms with Crippen LogP contribution in [0.15, 0.2) is 72.8 Å². The third kappa shape index (κ3) is 8.35. The number of aromatic hydroxyl groups is 1. The zero-order valence-corrected chi connectivity index (χ0v) is 24.2. The van der Waals surface area contributed by atoms with Gasteiger partial charge in [-0.1, -0.05) is 68.4 Å². The van der Waals surface area contributed by atoms with Gasteiger partial charge in [0.15, 0.2) is 6.10 Å². The van der Waals surface area contributed by atoms with Gasteiger partial charge < -0.3 is 25.7 Å². The monoisotopic (exact) mass is 599 g/mol. The molecule has 1 saturated heterocycles. The second-order valence-corrected chi connectivity index (χ2v) is 11.0. The molecule has 3 amide bonds. The predicted octanol–water partition coefficient (Wildman–Crippen LogP) is 3.98. The van der Waals surface area contributed by atoms with Crippen LogP contribution in [0.2, 0.25) is 0 Å². The van der Waals surface area contributed by atoms with Crippen molar-refractivity contribution in [2.75, 3.05) is 13.1 Å². The molecule has 4 N–H and O–H groups in total. The van der Waals surface area contributed by atoms with E-state index in [2.05, 4.69) is 10.6 Å². The molecule has 1 heterocycles. The van der Waals surface area contributed by atoms with Gasteiger partial charge in [-0.3, -0.25) is 14.4 Å². The maximum atomic E-state index is 14.3. The first-order valence-electron chi connectivity index (χ1n) is 13.7. The highest BCUT2D eigenvalue weighted by Crippen LogP contribution is 2.43. The van der Waals surface area contributed by atoms with Crippen molar-refractivity contribution in [3.05, 3.63) is 101 Å². The normalized spacial score (nSPS) is 16.3. The van der Waals surface area contributed by atoms with Gasteiger partial charge in [0, 0.05) is 35.2 Å². The summed E-state index contributed by atoms with van der Waals surface area (Å²) in [4.78, 5) is 36.6. The Bertz CT molecular complexity index is 1400. The molecule has 2 atom stereocenters. The first-order chi connectivity index (χ1) is 20.3. The van der Waals surface area contributed by atoms with Gasteiger partial charge in [-0.25, -0.2) is 13.2 Å². The number of rotatable bonds is 9. The standard InChI is InChI=1S/C24H28F2N2O4.C8H8FNO/c1-15-17(10-7-11-19(15)29)21(31)27-18(12-16-8-5-4-6-9-16)20(30)22(32)28-13-23(2,3)24(25,26)14-28;9-8-4-2-1-3-7(8)5-10-6-11/h4-11,18,20,29-30H,12-14H2,1-3H3,(H,27,31);1-4,6H,5H2,(H,10,11). The van der Waals surface area contributed by atoms with E-state index in [1.165, 1.54) is 38.1 Å². The van der Waals surface area contributed by atoms with Crippen molar-refractivity contribution in [2.24, 2.45) is 5.41 Å². The van der Waals surface area contributed by atoms with E-state index in [4.69, 9.17) is 0 Å². The fourth-order valence-electron chi connectivity index (χ4n) is 4.64. The van der Waals surface area contributed by atoms with Crippen molar-refractivity contribution in [3.63, 3.8) is 0 Å². The Kier molecular flexibility index (Phi) is 10.9. The van der Waals surface area contributed by atoms with E-state index in [1.54, 1.807) is 49.4 Å². The largest absolute Gasteiger partial charge is 0.508 e. The molecule has 230 valence electrons. The Balaban J connectivity index is 0.000000386. The highest BCUT2D eigenvalue weighted by Gasteiger charge is 2.56. The Morgan fingerprint density at radius 1 is 1.00 bits per heavy atom. The minimum Gasteiger partial charge on any atom is -0.508 e. The highest BCUT2D eigenvalue weighted by atomic mass is 19.3. The van der Waals surface area contributed by atoms with Gasteiger partial charge in [0.05, 0.1) is 12.6 Å². The number of benzene rings is 3. The molecule has 43 heavy (non-hydrogen) atoms. The van der Waals surface area contributed by atoms with Crippen LogP contribution in [0.25, 0.3) is 0 Å². The van der Waals surface area contributed by atoms with Crippen molar-refractivity contribution >= 4 is 18.2 Å². The summed E-state index contributed by atoms with van der Waals surface area (Å²) < 4.78 is 41.3. The molecule has 0 radical (unpaired) electrons. The van der Waals surface area contributed by atoms with Crippen LogP contribution >= 0.6 is 0 Å². The number of carbonyl (C=O) groups is 3. The van der Waals surface area contributed by atoms with E-state index in [0.717, 1.165) is 10.5 Å². The number of hydrogen-bond donors (Lipinski definition) is 4. The van der Waals surface area contributed by atoms with E-state index in [9.17, 15) is 37.8 Å². The Morgan fingerprint density at radius 2 is 1.65 bits per heavy atom. The molecule has 8 nitrogen and oxygen atoms in total. The predicted molar refractivity (Wildman–Crippen MR) is 155 cm³/mol. The number of nitrogens with zero attached hydrogens (tertiary/aromatic N) is 1. The van der Waals surface area contributed by atoms with Crippen molar-refractivity contribution in [1.82, 2.24) is 15.5 Å². The SMILES string of the molecule is Cc1c(O)cccc1C(=O)NC(Cc1ccccc1)C(O)C(=O)N1CC(C)(C)C(F)(F)C1.O=CNCc1ccccc1F. The first kappa shape index (κ1) is 33.1. The van der Waals surface area contributed by atoms with Gasteiger partial charge >= 0.3 is 0 Å². The van der Waals surface area contributed by atoms with Crippen LogP contribution in [0.4, 0.5) is 13.2 Å². The third-order valence-electron chi connectivity index (χ3n) is 7.41. The van der Waals surface area contributed by atoms with Crippen LogP contribution in [-0.4, -0.2) is 64.5 Å². The van der Waals surface area contributed by atoms with Gasteiger partial charge in [0.25, 0.3) is 17.7 Å². The number of aliphatic hydroxyl groups is 1. The number of nitrogens with one attached hydrogen (secondary N) is 2. The average Bonchev–Trinajstić information content (AvgIpc) is 3.20. The van der Waals surface area contributed by atoms with E-state index < -0.39 is 41.8 Å². The van der Waals surface area contributed by atoms with Crippen molar-refractivity contribution in [2.45, 2.75) is 51.8 Å². The number of amides is 3. The minimum absolute atomic E-state index is 0.0598. The molecule has 0 spiro atoms. The lowest BCUT2D eigenvalue weighted by molar-refractivity contribution is -0.142. The van der Waals surface area contributed by atoms with Crippen LogP contribution in [-0.2, 0) is 22.6 Å². The van der Waals surface area contributed by atoms with Crippen LogP contribution in [0.3, 0.4) is 0 Å². The number of phenols is 1. The topological polar surface area (TPSA) is 119 Å². The minimum atomic E-state index is -3.08. The van der Waals surface area contributed by atoms with Crippen molar-refractivity contribution in [1.29, 1.82) is 0 Å². The quantitative estimate of drug-likeness (QED) is 0.278. The summed E-state index contributed by atoms with van der Waals surface area (Å²) in [5, 5.41) is 25.8. The fraction of sp³-hybridized carbons (Fsp3) is 0.344. The van der Waals surface area contributed by atoms with Gasteiger partial charge in [-0.15, -0.1) is 0 Å². The molecule has 4 rings (SSSR count). The summed E-state index contributed by atoms with van der Waals surface area (Å²) in [6.07, 6.45) is -1.06. The van der Waals surface area contributed by atoms with Crippen LogP contribution in [0.1, 0.15) is 40.9 Å². The molecule has 1 aliphatic heterocycles. The van der Waals surface area contributed by atoms with Crippen LogP contribution in [0.5, 0.6) is 5.75 Å². The number of phenolic OH excluding ortho intramolecular Hbond substituents is 1. The van der Waals surface area contributed by atoms with E-state index in [1.807, 2.05) is 6.07 Å².